The largest absolute Gasteiger partial charge is 0.274 e. The van der Waals surface area contributed by atoms with Gasteiger partial charge in [-0.3, -0.25) is 9.59 Å². The van der Waals surface area contributed by atoms with E-state index >= 15 is 0 Å². The van der Waals surface area contributed by atoms with Crippen molar-refractivity contribution in [3.63, 3.8) is 0 Å². The van der Waals surface area contributed by atoms with Crippen molar-refractivity contribution in [3.05, 3.63) is 99.6 Å². The molecule has 154 valence electrons. The first-order chi connectivity index (χ1) is 14.8. The molecule has 31 heavy (non-hydrogen) atoms. The molecule has 1 heterocycles. The number of halogens is 3. The summed E-state index contributed by atoms with van der Waals surface area (Å²) < 4.78 is -1.56. The number of hydrogen-bond donors (Lipinski definition) is 0. The highest BCUT2D eigenvalue weighted by molar-refractivity contribution is 9.10. The first kappa shape index (κ1) is 19.7. The van der Waals surface area contributed by atoms with E-state index in [0.29, 0.717) is 10.7 Å². The lowest BCUT2D eigenvalue weighted by Gasteiger charge is -2.55. The highest BCUT2D eigenvalue weighted by Gasteiger charge is 2.72. The molecule has 0 radical (unpaired) electrons. The van der Waals surface area contributed by atoms with Gasteiger partial charge in [-0.25, -0.2) is 4.90 Å². The Balaban J connectivity index is 1.65. The maximum atomic E-state index is 13.9. The van der Waals surface area contributed by atoms with Crippen LogP contribution < -0.4 is 4.90 Å². The number of imide groups is 1. The fourth-order valence-electron chi connectivity index (χ4n) is 5.64. The molecular weight excluding hydrogens is 542 g/mol. The molecule has 3 nitrogen and oxygen atoms in total. The van der Waals surface area contributed by atoms with Crippen molar-refractivity contribution < 1.29 is 9.59 Å². The van der Waals surface area contributed by atoms with Gasteiger partial charge in [0.1, 0.15) is 0 Å². The fraction of sp³-hybridized carbons (Fsp3) is 0.200. The minimum absolute atomic E-state index is 0.209. The summed E-state index contributed by atoms with van der Waals surface area (Å²) in [6, 6.07) is 21.5. The average molecular weight is 558 g/mol. The number of carbonyl (C=O) groups excluding carboxylic acids is 2. The standard InChI is InChI=1S/C25H16Br2ClNO2/c1-13-10-11-14(12-19(13)28)29-22(30)20-21(23(29)31)25(27)16-7-3-2-6-15(16)24(20,26)17-8-4-5-9-18(17)25/h2-12,20-21H,1H3. The summed E-state index contributed by atoms with van der Waals surface area (Å²) in [6.07, 6.45) is 0. The number of anilines is 1. The molecule has 7 rings (SSSR count). The van der Waals surface area contributed by atoms with Crippen LogP contribution in [-0.2, 0) is 18.2 Å². The second-order valence-corrected chi connectivity index (χ2v) is 11.3. The lowest BCUT2D eigenvalue weighted by atomic mass is 9.54. The third-order valence-corrected chi connectivity index (χ3v) is 10.1. The number of benzene rings is 3. The van der Waals surface area contributed by atoms with Gasteiger partial charge < -0.3 is 0 Å². The monoisotopic (exact) mass is 555 g/mol. The normalized spacial score (nSPS) is 30.3. The summed E-state index contributed by atoms with van der Waals surface area (Å²) >= 11 is 14.4. The van der Waals surface area contributed by atoms with Crippen molar-refractivity contribution in [1.82, 2.24) is 0 Å². The number of amides is 2. The summed E-state index contributed by atoms with van der Waals surface area (Å²) in [7, 11) is 0. The number of rotatable bonds is 1. The molecule has 4 aliphatic rings. The molecule has 2 atom stereocenters. The Labute approximate surface area is 201 Å². The van der Waals surface area contributed by atoms with E-state index in [9.17, 15) is 9.59 Å². The van der Waals surface area contributed by atoms with Crippen molar-refractivity contribution in [2.45, 2.75) is 15.6 Å². The summed E-state index contributed by atoms with van der Waals surface area (Å²) in [4.78, 5) is 29.2. The van der Waals surface area contributed by atoms with Crippen LogP contribution in [0, 0.1) is 18.8 Å². The second-order valence-electron chi connectivity index (χ2n) is 8.42. The highest BCUT2D eigenvalue weighted by atomic mass is 79.9. The van der Waals surface area contributed by atoms with Crippen LogP contribution in [0.4, 0.5) is 5.69 Å². The summed E-state index contributed by atoms with van der Waals surface area (Å²) in [6.45, 7) is 1.90. The summed E-state index contributed by atoms with van der Waals surface area (Å²) in [5.41, 5.74) is 5.51. The Morgan fingerprint density at radius 1 is 0.774 bits per heavy atom. The van der Waals surface area contributed by atoms with E-state index in [2.05, 4.69) is 56.1 Å². The first-order valence-electron chi connectivity index (χ1n) is 10.0. The zero-order chi connectivity index (χ0) is 21.7. The van der Waals surface area contributed by atoms with Gasteiger partial charge in [0.15, 0.2) is 0 Å². The fourth-order valence-corrected chi connectivity index (χ4v) is 8.12. The van der Waals surface area contributed by atoms with Gasteiger partial charge in [0, 0.05) is 5.02 Å². The number of nitrogens with zero attached hydrogens (tertiary/aromatic N) is 1. The molecule has 1 fully saturated rings. The molecule has 0 aromatic heterocycles. The van der Waals surface area contributed by atoms with Crippen LogP contribution in [0.3, 0.4) is 0 Å². The van der Waals surface area contributed by atoms with Crippen molar-refractivity contribution in [2.24, 2.45) is 11.8 Å². The Kier molecular flexibility index (Phi) is 4.01. The molecule has 6 heteroatoms. The van der Waals surface area contributed by atoms with Crippen LogP contribution in [-0.4, -0.2) is 11.8 Å². The predicted octanol–water partition coefficient (Wildman–Crippen LogP) is 6.06. The van der Waals surface area contributed by atoms with Crippen LogP contribution in [0.5, 0.6) is 0 Å². The molecule has 2 unspecified atom stereocenters. The SMILES string of the molecule is Cc1ccc(N2C(=O)C3C(C2=O)C2(Br)c4ccccc4C3(Br)c3ccccc32)cc1Cl. The molecule has 0 saturated carbocycles. The van der Waals surface area contributed by atoms with Gasteiger partial charge in [-0.05, 0) is 46.9 Å². The average Bonchev–Trinajstić information content (AvgIpc) is 3.05. The smallest absolute Gasteiger partial charge is 0.239 e. The third kappa shape index (κ3) is 2.20. The van der Waals surface area contributed by atoms with Crippen LogP contribution >= 0.6 is 43.5 Å². The van der Waals surface area contributed by atoms with Crippen LogP contribution in [0.1, 0.15) is 27.8 Å². The van der Waals surface area contributed by atoms with E-state index in [1.807, 2.05) is 37.3 Å². The van der Waals surface area contributed by atoms with Gasteiger partial charge in [-0.1, -0.05) is 98.1 Å². The van der Waals surface area contributed by atoms with E-state index in [4.69, 9.17) is 11.6 Å². The van der Waals surface area contributed by atoms with Gasteiger partial charge in [-0.2, -0.15) is 0 Å². The van der Waals surface area contributed by atoms with E-state index in [1.54, 1.807) is 12.1 Å². The van der Waals surface area contributed by atoms with Crippen molar-refractivity contribution >= 4 is 61.0 Å². The Morgan fingerprint density at radius 3 is 1.58 bits per heavy atom. The van der Waals surface area contributed by atoms with Crippen LogP contribution in [0.25, 0.3) is 0 Å². The topological polar surface area (TPSA) is 37.4 Å². The minimum atomic E-state index is -0.781. The maximum absolute atomic E-state index is 13.9. The molecule has 1 saturated heterocycles. The van der Waals surface area contributed by atoms with Gasteiger partial charge >= 0.3 is 0 Å². The van der Waals surface area contributed by atoms with Gasteiger partial charge in [0.05, 0.1) is 26.2 Å². The zero-order valence-corrected chi connectivity index (χ0v) is 20.3. The lowest BCUT2D eigenvalue weighted by Crippen LogP contribution is -2.56. The molecule has 1 aliphatic heterocycles. The quantitative estimate of drug-likeness (QED) is 0.270. The lowest BCUT2D eigenvalue weighted by molar-refractivity contribution is -0.122. The number of aryl methyl sites for hydroxylation is 1. The van der Waals surface area contributed by atoms with E-state index < -0.39 is 20.5 Å². The van der Waals surface area contributed by atoms with Gasteiger partial charge in [0.2, 0.25) is 11.8 Å². The van der Waals surface area contributed by atoms with Gasteiger partial charge in [0.25, 0.3) is 0 Å². The van der Waals surface area contributed by atoms with Crippen molar-refractivity contribution in [3.8, 4) is 0 Å². The van der Waals surface area contributed by atoms with Crippen LogP contribution in [0.15, 0.2) is 66.7 Å². The zero-order valence-electron chi connectivity index (χ0n) is 16.4. The van der Waals surface area contributed by atoms with E-state index in [-0.39, 0.29) is 11.8 Å². The van der Waals surface area contributed by atoms with Crippen molar-refractivity contribution in [1.29, 1.82) is 0 Å². The predicted molar refractivity (Wildman–Crippen MR) is 128 cm³/mol. The Hall–Kier alpha value is -1.95. The molecule has 0 N–H and O–H groups in total. The molecule has 2 amide bonds. The molecule has 3 aromatic carbocycles. The molecule has 2 bridgehead atoms. The number of carbonyl (C=O) groups is 2. The molecule has 0 spiro atoms. The molecular formula is C25H16Br2ClNO2. The first-order valence-corrected chi connectivity index (χ1v) is 12.0. The second kappa shape index (κ2) is 6.31. The maximum Gasteiger partial charge on any atom is 0.239 e. The Morgan fingerprint density at radius 2 is 1.19 bits per heavy atom. The summed E-state index contributed by atoms with van der Waals surface area (Å²) in [5, 5.41) is 0.532. The van der Waals surface area contributed by atoms with Crippen LogP contribution in [0.2, 0.25) is 5.02 Å². The minimum Gasteiger partial charge on any atom is -0.274 e. The van der Waals surface area contributed by atoms with Gasteiger partial charge in [-0.15, -0.1) is 0 Å². The summed E-state index contributed by atoms with van der Waals surface area (Å²) in [5.74, 6) is -1.58. The number of hydrogen-bond acceptors (Lipinski definition) is 2. The Bertz CT molecular complexity index is 1200. The third-order valence-electron chi connectivity index (χ3n) is 7.00. The highest BCUT2D eigenvalue weighted by Crippen LogP contribution is 2.70. The van der Waals surface area contributed by atoms with Crippen molar-refractivity contribution in [2.75, 3.05) is 4.90 Å². The number of alkyl halides is 2. The molecule has 3 aromatic rings. The van der Waals surface area contributed by atoms with E-state index in [0.717, 1.165) is 27.8 Å². The molecule has 3 aliphatic carbocycles. The van der Waals surface area contributed by atoms with E-state index in [1.165, 1.54) is 4.90 Å².